The summed E-state index contributed by atoms with van der Waals surface area (Å²) in [5.41, 5.74) is 2.38. The number of amides is 1. The number of aryl methyl sites for hydroxylation is 1. The van der Waals surface area contributed by atoms with Crippen molar-refractivity contribution in [1.82, 2.24) is 4.98 Å². The number of aromatic nitrogens is 1. The third kappa shape index (κ3) is 4.31. The Bertz CT molecular complexity index is 655. The molecule has 0 aliphatic rings. The number of carbonyl (C=O) groups is 1. The summed E-state index contributed by atoms with van der Waals surface area (Å²) in [5.74, 6) is 0.620. The van der Waals surface area contributed by atoms with Crippen LogP contribution in [0.1, 0.15) is 36.2 Å². The monoisotopic (exact) mass is 361 g/mol. The Morgan fingerprint density at radius 2 is 2.09 bits per heavy atom. The first-order valence-corrected chi connectivity index (χ1v) is 8.09. The molecule has 5 heteroatoms. The Morgan fingerprint density at radius 1 is 1.32 bits per heavy atom. The van der Waals surface area contributed by atoms with E-state index in [2.05, 4.69) is 45.4 Å². The first kappa shape index (κ1) is 16.5. The average molecular weight is 362 g/mol. The fourth-order valence-electron chi connectivity index (χ4n) is 1.89. The number of nitrogens with zero attached hydrogens (tertiary/aromatic N) is 1. The predicted molar refractivity (Wildman–Crippen MR) is 94.4 cm³/mol. The van der Waals surface area contributed by atoms with Gasteiger partial charge < -0.3 is 10.6 Å². The van der Waals surface area contributed by atoms with Gasteiger partial charge in [-0.25, -0.2) is 4.98 Å². The summed E-state index contributed by atoms with van der Waals surface area (Å²) in [6.07, 6.45) is 2.61. The molecule has 1 amide bonds. The standard InChI is InChI=1S/C17H20BrN3O/c1-4-12(3)20-16-8-5-13(10-19-16)17(22)21-14-6-7-15(18)11(2)9-14/h5-10,12H,4H2,1-3H3,(H,19,20)(H,21,22). The van der Waals surface area contributed by atoms with Crippen molar-refractivity contribution in [2.24, 2.45) is 0 Å². The summed E-state index contributed by atoms with van der Waals surface area (Å²) in [4.78, 5) is 16.5. The van der Waals surface area contributed by atoms with Gasteiger partial charge in [-0.15, -0.1) is 0 Å². The van der Waals surface area contributed by atoms with Gasteiger partial charge in [0.2, 0.25) is 0 Å². The second kappa shape index (κ2) is 7.40. The molecule has 1 unspecified atom stereocenters. The minimum atomic E-state index is -0.163. The van der Waals surface area contributed by atoms with Crippen LogP contribution in [0.5, 0.6) is 0 Å². The molecule has 116 valence electrons. The molecule has 1 aromatic carbocycles. The maximum Gasteiger partial charge on any atom is 0.257 e. The number of pyridine rings is 1. The highest BCUT2D eigenvalue weighted by Gasteiger charge is 2.08. The van der Waals surface area contributed by atoms with E-state index in [1.165, 1.54) is 0 Å². The van der Waals surface area contributed by atoms with E-state index < -0.39 is 0 Å². The molecule has 0 spiro atoms. The average Bonchev–Trinajstić information content (AvgIpc) is 2.51. The van der Waals surface area contributed by atoms with Gasteiger partial charge in [0.15, 0.2) is 0 Å². The molecule has 0 saturated heterocycles. The number of carbonyl (C=O) groups excluding carboxylic acids is 1. The van der Waals surface area contributed by atoms with Crippen LogP contribution in [-0.2, 0) is 0 Å². The number of anilines is 2. The van der Waals surface area contributed by atoms with Crippen LogP contribution in [0, 0.1) is 6.92 Å². The molecule has 2 N–H and O–H groups in total. The van der Waals surface area contributed by atoms with E-state index in [1.54, 1.807) is 12.3 Å². The quantitative estimate of drug-likeness (QED) is 0.816. The van der Waals surface area contributed by atoms with Crippen LogP contribution in [0.25, 0.3) is 0 Å². The van der Waals surface area contributed by atoms with Gasteiger partial charge in [-0.05, 0) is 56.2 Å². The molecule has 1 atom stereocenters. The summed E-state index contributed by atoms with van der Waals surface area (Å²) in [6.45, 7) is 6.19. The maximum atomic E-state index is 12.2. The van der Waals surface area contributed by atoms with Crippen molar-refractivity contribution in [1.29, 1.82) is 0 Å². The van der Waals surface area contributed by atoms with Crippen LogP contribution in [-0.4, -0.2) is 16.9 Å². The van der Waals surface area contributed by atoms with Gasteiger partial charge in [0.1, 0.15) is 5.82 Å². The van der Waals surface area contributed by atoms with Crippen molar-refractivity contribution in [3.05, 3.63) is 52.1 Å². The van der Waals surface area contributed by atoms with Gasteiger partial charge in [-0.3, -0.25) is 4.79 Å². The van der Waals surface area contributed by atoms with E-state index in [1.807, 2.05) is 31.2 Å². The van der Waals surface area contributed by atoms with Crippen molar-refractivity contribution < 1.29 is 4.79 Å². The molecule has 0 aliphatic heterocycles. The van der Waals surface area contributed by atoms with Crippen LogP contribution in [0.2, 0.25) is 0 Å². The van der Waals surface area contributed by atoms with Gasteiger partial charge >= 0.3 is 0 Å². The second-order valence-corrected chi connectivity index (χ2v) is 6.16. The molecule has 4 nitrogen and oxygen atoms in total. The summed E-state index contributed by atoms with van der Waals surface area (Å²) in [7, 11) is 0. The third-order valence-electron chi connectivity index (χ3n) is 3.45. The van der Waals surface area contributed by atoms with Crippen LogP contribution in [0.3, 0.4) is 0 Å². The number of rotatable bonds is 5. The number of halogens is 1. The van der Waals surface area contributed by atoms with Crippen molar-refractivity contribution in [2.75, 3.05) is 10.6 Å². The summed E-state index contributed by atoms with van der Waals surface area (Å²) < 4.78 is 1.02. The van der Waals surface area contributed by atoms with Gasteiger partial charge in [0, 0.05) is 22.4 Å². The Labute approximate surface area is 139 Å². The van der Waals surface area contributed by atoms with Crippen molar-refractivity contribution in [3.63, 3.8) is 0 Å². The Morgan fingerprint density at radius 3 is 2.68 bits per heavy atom. The second-order valence-electron chi connectivity index (χ2n) is 5.30. The topological polar surface area (TPSA) is 54.0 Å². The van der Waals surface area contributed by atoms with Gasteiger partial charge in [0.25, 0.3) is 5.91 Å². The molecule has 1 aromatic heterocycles. The Balaban J connectivity index is 2.04. The maximum absolute atomic E-state index is 12.2. The SMILES string of the molecule is CCC(C)Nc1ccc(C(=O)Nc2ccc(Br)c(C)c2)cn1. The van der Waals surface area contributed by atoms with Crippen LogP contribution >= 0.6 is 15.9 Å². The molecule has 1 heterocycles. The first-order valence-electron chi connectivity index (χ1n) is 7.29. The molecule has 0 aliphatic carbocycles. The first-order chi connectivity index (χ1) is 10.5. The van der Waals surface area contributed by atoms with E-state index in [0.717, 1.165) is 28.0 Å². The van der Waals surface area contributed by atoms with Crippen LogP contribution in [0.15, 0.2) is 41.0 Å². The van der Waals surface area contributed by atoms with E-state index in [-0.39, 0.29) is 5.91 Å². The number of hydrogen-bond acceptors (Lipinski definition) is 3. The number of benzene rings is 1. The van der Waals surface area contributed by atoms with E-state index in [9.17, 15) is 4.79 Å². The highest BCUT2D eigenvalue weighted by atomic mass is 79.9. The molecule has 2 aromatic rings. The van der Waals surface area contributed by atoms with Gasteiger partial charge in [-0.1, -0.05) is 22.9 Å². The third-order valence-corrected chi connectivity index (χ3v) is 4.34. The lowest BCUT2D eigenvalue weighted by molar-refractivity contribution is 0.102. The largest absolute Gasteiger partial charge is 0.368 e. The summed E-state index contributed by atoms with van der Waals surface area (Å²) in [6, 6.07) is 9.67. The smallest absolute Gasteiger partial charge is 0.257 e. The summed E-state index contributed by atoms with van der Waals surface area (Å²) >= 11 is 3.44. The van der Waals surface area contributed by atoms with Gasteiger partial charge in [-0.2, -0.15) is 0 Å². The molecule has 2 rings (SSSR count). The van der Waals surface area contributed by atoms with E-state index in [4.69, 9.17) is 0 Å². The zero-order chi connectivity index (χ0) is 16.1. The molecule has 0 fully saturated rings. The highest BCUT2D eigenvalue weighted by molar-refractivity contribution is 9.10. The fraction of sp³-hybridized carbons (Fsp3) is 0.294. The lowest BCUT2D eigenvalue weighted by atomic mass is 10.2. The van der Waals surface area contributed by atoms with E-state index in [0.29, 0.717) is 11.6 Å². The fourth-order valence-corrected chi connectivity index (χ4v) is 2.14. The number of hydrogen-bond donors (Lipinski definition) is 2. The highest BCUT2D eigenvalue weighted by Crippen LogP contribution is 2.20. The zero-order valence-corrected chi connectivity index (χ0v) is 14.6. The zero-order valence-electron chi connectivity index (χ0n) is 13.0. The molecule has 22 heavy (non-hydrogen) atoms. The molecule has 0 bridgehead atoms. The predicted octanol–water partition coefficient (Wildman–Crippen LogP) is 4.62. The summed E-state index contributed by atoms with van der Waals surface area (Å²) in [5, 5.41) is 6.15. The Kier molecular flexibility index (Phi) is 5.55. The lowest BCUT2D eigenvalue weighted by Gasteiger charge is -2.12. The molecular weight excluding hydrogens is 342 g/mol. The van der Waals surface area contributed by atoms with Crippen molar-refractivity contribution in [3.8, 4) is 0 Å². The normalized spacial score (nSPS) is 11.8. The van der Waals surface area contributed by atoms with Crippen molar-refractivity contribution in [2.45, 2.75) is 33.2 Å². The minimum Gasteiger partial charge on any atom is -0.368 e. The molecule has 0 saturated carbocycles. The minimum absolute atomic E-state index is 0.163. The molecular formula is C17H20BrN3O. The van der Waals surface area contributed by atoms with E-state index >= 15 is 0 Å². The van der Waals surface area contributed by atoms with Crippen LogP contribution < -0.4 is 10.6 Å². The lowest BCUT2D eigenvalue weighted by Crippen LogP contribution is -2.16. The Hall–Kier alpha value is -1.88. The van der Waals surface area contributed by atoms with Gasteiger partial charge in [0.05, 0.1) is 5.56 Å². The number of nitrogens with one attached hydrogen (secondary N) is 2. The van der Waals surface area contributed by atoms with Crippen LogP contribution in [0.4, 0.5) is 11.5 Å². The molecule has 0 radical (unpaired) electrons. The van der Waals surface area contributed by atoms with Crippen molar-refractivity contribution >= 4 is 33.3 Å².